The Kier molecular flexibility index (Phi) is 1.16. The van der Waals surface area contributed by atoms with E-state index in [-0.39, 0.29) is 0 Å². The van der Waals surface area contributed by atoms with Crippen LogP contribution in [0.4, 0.5) is 0 Å². The van der Waals surface area contributed by atoms with Gasteiger partial charge in [-0.15, -0.1) is 5.67 Å². The minimum absolute atomic E-state index is 0.606. The highest BCUT2D eigenvalue weighted by Gasteiger charge is 2.15. The van der Waals surface area contributed by atoms with Crippen LogP contribution in [-0.4, -0.2) is 14.8 Å². The van der Waals surface area contributed by atoms with E-state index >= 15 is 0 Å². The molecule has 0 bridgehead atoms. The molecule has 0 fully saturated rings. The van der Waals surface area contributed by atoms with Crippen molar-refractivity contribution in [1.82, 2.24) is 0 Å². The van der Waals surface area contributed by atoms with E-state index in [0.29, 0.717) is 5.41 Å². The molecule has 0 aromatic heterocycles. The lowest BCUT2D eigenvalue weighted by Gasteiger charge is -2.12. The van der Waals surface area contributed by atoms with Crippen molar-refractivity contribution in [3.8, 4) is 0 Å². The van der Waals surface area contributed by atoms with Crippen molar-refractivity contribution >= 4 is 14.8 Å². The molecular weight excluding hydrogens is 100 g/mol. The van der Waals surface area contributed by atoms with Crippen LogP contribution in [0, 0.1) is 5.41 Å². The first-order valence-electron chi connectivity index (χ1n) is 2.88. The predicted octanol–water partition coefficient (Wildman–Crippen LogP) is 1.07. The van der Waals surface area contributed by atoms with Crippen molar-refractivity contribution in [2.24, 2.45) is 5.41 Å². The van der Waals surface area contributed by atoms with Crippen molar-refractivity contribution in [2.75, 3.05) is 0 Å². The van der Waals surface area contributed by atoms with Crippen LogP contribution in [0.3, 0.4) is 0 Å². The molecule has 0 atom stereocenters. The highest BCUT2D eigenvalue weighted by Crippen LogP contribution is 2.22. The molecule has 0 saturated heterocycles. The van der Waals surface area contributed by atoms with Gasteiger partial charge >= 0.3 is 0 Å². The summed E-state index contributed by atoms with van der Waals surface area (Å²) in [6.45, 7) is 4.65. The molecule has 0 spiro atoms. The zero-order valence-corrected chi connectivity index (χ0v) is 6.22. The summed E-state index contributed by atoms with van der Waals surface area (Å²) >= 11 is 0. The molecule has 0 amide bonds. The monoisotopic (exact) mass is 112 g/mol. The minimum atomic E-state index is 0.606. The molecule has 0 N–H and O–H groups in total. The third-order valence-electron chi connectivity index (χ3n) is 1.52. The summed E-state index contributed by atoms with van der Waals surface area (Å²) < 4.78 is 0. The molecular formula is C6H12Si. The van der Waals surface area contributed by atoms with Crippen LogP contribution in [0.1, 0.15) is 20.3 Å². The van der Waals surface area contributed by atoms with E-state index in [0.717, 1.165) is 9.13 Å². The van der Waals surface area contributed by atoms with Crippen LogP contribution in [0.5, 0.6) is 0 Å². The summed E-state index contributed by atoms with van der Waals surface area (Å²) in [6, 6.07) is 1.49. The van der Waals surface area contributed by atoms with Gasteiger partial charge in [-0.25, -0.2) is 0 Å². The maximum Gasteiger partial charge on any atom is -0.0113 e. The first kappa shape index (κ1) is 5.23. The number of hydrogen-bond donors (Lipinski definition) is 0. The second-order valence-electron chi connectivity index (χ2n) is 2.93. The van der Waals surface area contributed by atoms with Crippen LogP contribution < -0.4 is 0 Å². The summed E-state index contributed by atoms with van der Waals surface area (Å²) in [5.41, 5.74) is 3.11. The Morgan fingerprint density at radius 1 is 1.57 bits per heavy atom. The fraction of sp³-hybridized carbons (Fsp3) is 0.833. The zero-order valence-electron chi connectivity index (χ0n) is 5.07. The fourth-order valence-electron chi connectivity index (χ4n) is 0.941. The minimum Gasteiger partial charge on any atom is -0.101 e. The van der Waals surface area contributed by atoms with Crippen LogP contribution >= 0.6 is 0 Å². The quantitative estimate of drug-likeness (QED) is 0.411. The lowest BCUT2D eigenvalue weighted by molar-refractivity contribution is 0.531. The first-order chi connectivity index (χ1) is 3.21. The third-order valence-corrected chi connectivity index (χ3v) is 3.28. The molecule has 7 heavy (non-hydrogen) atoms. The van der Waals surface area contributed by atoms with Gasteiger partial charge in [-0.3, -0.25) is 0 Å². The van der Waals surface area contributed by atoms with Crippen molar-refractivity contribution in [3.05, 3.63) is 0 Å². The zero-order chi connectivity index (χ0) is 5.33. The molecule has 1 rings (SSSR count). The van der Waals surface area contributed by atoms with Crippen molar-refractivity contribution < 1.29 is 0 Å². The van der Waals surface area contributed by atoms with Crippen LogP contribution in [0.25, 0.3) is 0 Å². The predicted molar refractivity (Wildman–Crippen MR) is 36.4 cm³/mol. The van der Waals surface area contributed by atoms with E-state index in [1.165, 1.54) is 12.5 Å². The Hall–Kier alpha value is 0.0869. The van der Waals surface area contributed by atoms with Crippen molar-refractivity contribution in [2.45, 2.75) is 26.3 Å². The van der Waals surface area contributed by atoms with Crippen molar-refractivity contribution in [1.29, 1.82) is 0 Å². The summed E-state index contributed by atoms with van der Waals surface area (Å²) in [5.74, 6) is 0. The molecule has 0 aliphatic carbocycles. The van der Waals surface area contributed by atoms with Crippen LogP contribution in [-0.2, 0) is 0 Å². The largest absolute Gasteiger partial charge is 0.101 e. The van der Waals surface area contributed by atoms with Gasteiger partial charge in [0.05, 0.1) is 0 Å². The molecule has 1 aliphatic heterocycles. The SMILES string of the molecule is CC1(C)C=[SiH]CC1. The van der Waals surface area contributed by atoms with Gasteiger partial charge in [0.15, 0.2) is 0 Å². The van der Waals surface area contributed by atoms with Crippen LogP contribution in [0.2, 0.25) is 6.04 Å². The Labute approximate surface area is 47.4 Å². The maximum atomic E-state index is 2.51. The summed E-state index contributed by atoms with van der Waals surface area (Å²) in [4.78, 5) is 0. The van der Waals surface area contributed by atoms with E-state index in [9.17, 15) is 0 Å². The maximum absolute atomic E-state index is 2.51. The Balaban J connectivity index is 2.57. The van der Waals surface area contributed by atoms with Gasteiger partial charge in [-0.05, 0) is 27.0 Å². The smallest absolute Gasteiger partial charge is 0.0113 e. The number of rotatable bonds is 0. The lowest BCUT2D eigenvalue weighted by Crippen LogP contribution is -2.06. The van der Waals surface area contributed by atoms with Gasteiger partial charge in [0.2, 0.25) is 0 Å². The van der Waals surface area contributed by atoms with Crippen molar-refractivity contribution in [3.63, 3.8) is 0 Å². The van der Waals surface area contributed by atoms with E-state index in [1.807, 2.05) is 0 Å². The second-order valence-corrected chi connectivity index (χ2v) is 4.31. The van der Waals surface area contributed by atoms with Gasteiger partial charge in [-0.1, -0.05) is 13.8 Å². The summed E-state index contributed by atoms with van der Waals surface area (Å²) in [6.07, 6.45) is 1.43. The van der Waals surface area contributed by atoms with Crippen LogP contribution in [0.15, 0.2) is 0 Å². The summed E-state index contributed by atoms with van der Waals surface area (Å²) in [5, 5.41) is 0. The highest BCUT2D eigenvalue weighted by molar-refractivity contribution is 6.49. The molecule has 0 unspecified atom stereocenters. The first-order valence-corrected chi connectivity index (χ1v) is 4.37. The third kappa shape index (κ3) is 1.23. The van der Waals surface area contributed by atoms with E-state index in [2.05, 4.69) is 19.5 Å². The number of hydrogen-bond acceptors (Lipinski definition) is 0. The molecule has 0 nitrogen and oxygen atoms in total. The standard InChI is InChI=1S/C6H12Si/c1-6(2)3-4-7-5-6/h5,7H,3-4H2,1-2H3. The van der Waals surface area contributed by atoms with Gasteiger partial charge < -0.3 is 0 Å². The fourth-order valence-corrected chi connectivity index (χ4v) is 2.82. The molecule has 1 heteroatoms. The van der Waals surface area contributed by atoms with E-state index in [1.54, 1.807) is 0 Å². The lowest BCUT2D eigenvalue weighted by atomic mass is 9.94. The Morgan fingerprint density at radius 3 is 2.43 bits per heavy atom. The molecule has 0 radical (unpaired) electrons. The molecule has 1 aliphatic rings. The van der Waals surface area contributed by atoms with Gasteiger partial charge in [0.25, 0.3) is 0 Å². The Morgan fingerprint density at radius 2 is 2.29 bits per heavy atom. The van der Waals surface area contributed by atoms with Gasteiger partial charge in [0, 0.05) is 0 Å². The van der Waals surface area contributed by atoms with E-state index in [4.69, 9.17) is 0 Å². The second kappa shape index (κ2) is 1.55. The van der Waals surface area contributed by atoms with Gasteiger partial charge in [-0.2, -0.15) is 0 Å². The molecule has 0 saturated carbocycles. The Bertz CT molecular complexity index is 92.4. The molecule has 1 heterocycles. The van der Waals surface area contributed by atoms with Gasteiger partial charge in [0.1, 0.15) is 0 Å². The topological polar surface area (TPSA) is 0 Å². The molecule has 0 aromatic rings. The highest BCUT2D eigenvalue weighted by atomic mass is 28.2. The average molecular weight is 112 g/mol. The average Bonchev–Trinajstić information content (AvgIpc) is 1.84. The normalized spacial score (nSPS) is 26.0. The van der Waals surface area contributed by atoms with E-state index < -0.39 is 0 Å². The molecule has 0 aromatic carbocycles. The molecule has 40 valence electrons. The summed E-state index contributed by atoms with van der Waals surface area (Å²) in [7, 11) is 0.725.